The number of nitrogens with zero attached hydrogens (tertiary/aromatic N) is 1. The van der Waals surface area contributed by atoms with Crippen molar-refractivity contribution >= 4 is 7.82 Å². The van der Waals surface area contributed by atoms with Gasteiger partial charge in [0.2, 0.25) is 0 Å². The number of hydrogen-bond donors (Lipinski definition) is 2. The second kappa shape index (κ2) is 17.5. The molecule has 0 unspecified atom stereocenters. The summed E-state index contributed by atoms with van der Waals surface area (Å²) in [4.78, 5) is 16.7. The van der Waals surface area contributed by atoms with E-state index in [0.29, 0.717) is 0 Å². The largest absolute Gasteiger partial charge is 0.469 e. The molecule has 0 radical (unpaired) electrons. The van der Waals surface area contributed by atoms with Gasteiger partial charge in [0.05, 0.1) is 34.3 Å². The third kappa shape index (κ3) is 32.2. The zero-order chi connectivity index (χ0) is 19.6. The summed E-state index contributed by atoms with van der Waals surface area (Å²) in [6.07, 6.45) is 15.0. The van der Waals surface area contributed by atoms with Gasteiger partial charge < -0.3 is 14.3 Å². The molecule has 154 valence electrons. The summed E-state index contributed by atoms with van der Waals surface area (Å²) in [6.45, 7) is 5.91. The van der Waals surface area contributed by atoms with Gasteiger partial charge >= 0.3 is 7.82 Å². The molecule has 0 aromatic heterocycles. The smallest absolute Gasteiger partial charge is 0.331 e. The second-order valence-electron chi connectivity index (χ2n) is 7.87. The summed E-state index contributed by atoms with van der Waals surface area (Å²) >= 11 is 0. The highest BCUT2D eigenvalue weighted by atomic mass is 31.2. The molecule has 0 heterocycles. The van der Waals surface area contributed by atoms with Gasteiger partial charge in [-0.3, -0.25) is 4.52 Å². The van der Waals surface area contributed by atoms with Gasteiger partial charge in [0.15, 0.2) is 0 Å². The van der Waals surface area contributed by atoms with Gasteiger partial charge in [-0.05, 0) is 19.3 Å². The predicted octanol–water partition coefficient (Wildman–Crippen LogP) is 5.51. The Morgan fingerprint density at radius 3 is 1.52 bits per heavy atom. The molecule has 2 N–H and O–H groups in total. The molecule has 0 aromatic carbocycles. The van der Waals surface area contributed by atoms with Gasteiger partial charge in [0.1, 0.15) is 0 Å². The number of rotatable bonds is 15. The van der Waals surface area contributed by atoms with Crippen molar-refractivity contribution < 1.29 is 23.4 Å². The Balaban J connectivity index is 0. The van der Waals surface area contributed by atoms with Crippen molar-refractivity contribution in [1.82, 2.24) is 0 Å². The summed E-state index contributed by atoms with van der Waals surface area (Å²) in [5.41, 5.74) is 0. The topological polar surface area (TPSA) is 66.8 Å². The van der Waals surface area contributed by atoms with Crippen LogP contribution in [-0.4, -0.2) is 48.6 Å². The average Bonchev–Trinajstić information content (AvgIpc) is 2.48. The monoisotopic (exact) mass is 382 g/mol. The van der Waals surface area contributed by atoms with Crippen molar-refractivity contribution in [3.63, 3.8) is 0 Å². The fourth-order valence-electron chi connectivity index (χ4n) is 2.43. The second-order valence-corrected chi connectivity index (χ2v) is 9.11. The molecule has 0 saturated heterocycles. The van der Waals surface area contributed by atoms with E-state index in [-0.39, 0.29) is 6.61 Å². The van der Waals surface area contributed by atoms with Gasteiger partial charge in [-0.15, -0.1) is 0 Å². The number of phosphoric ester groups is 1. The van der Waals surface area contributed by atoms with Crippen LogP contribution in [0.5, 0.6) is 0 Å². The Morgan fingerprint density at radius 1 is 0.720 bits per heavy atom. The predicted molar refractivity (Wildman–Crippen MR) is 108 cm³/mol. The molecular weight excluding hydrogens is 337 g/mol. The zero-order valence-corrected chi connectivity index (χ0v) is 18.4. The van der Waals surface area contributed by atoms with E-state index in [4.69, 9.17) is 9.79 Å². The third-order valence-electron chi connectivity index (χ3n) is 3.94. The normalized spacial score (nSPS) is 12.0. The van der Waals surface area contributed by atoms with E-state index in [1.54, 1.807) is 0 Å². The molecule has 0 aliphatic rings. The van der Waals surface area contributed by atoms with Crippen LogP contribution in [0.1, 0.15) is 90.9 Å². The van der Waals surface area contributed by atoms with Crippen molar-refractivity contribution in [3.8, 4) is 0 Å². The first-order chi connectivity index (χ1) is 11.6. The Bertz CT molecular complexity index is 313. The molecule has 5 nitrogen and oxygen atoms in total. The first kappa shape index (κ1) is 27.3. The lowest BCUT2D eigenvalue weighted by Gasteiger charge is -2.23. The van der Waals surface area contributed by atoms with Gasteiger partial charge in [-0.25, -0.2) is 4.57 Å². The Kier molecular flexibility index (Phi) is 19.1. The van der Waals surface area contributed by atoms with Crippen molar-refractivity contribution in [3.05, 3.63) is 0 Å². The maximum absolute atomic E-state index is 10.2. The van der Waals surface area contributed by atoms with Crippen molar-refractivity contribution in [2.75, 3.05) is 34.3 Å². The lowest BCUT2D eigenvalue weighted by molar-refractivity contribution is -0.870. The standard InChI is InChI=1S/C11H26N.C8H19O4P/c1-5-6-7-8-9-10-11-12(2,3)4;1-2-3-4-5-6-7-8-12-13(9,10)11/h5-11H2,1-4H3;2-8H2,1H3,(H2,9,10,11)/q+1;. The average molecular weight is 383 g/mol. The number of phosphoric acid groups is 1. The molecule has 0 bridgehead atoms. The Morgan fingerprint density at radius 2 is 1.12 bits per heavy atom. The fourth-order valence-corrected chi connectivity index (χ4v) is 2.80. The van der Waals surface area contributed by atoms with Crippen LogP contribution < -0.4 is 0 Å². The summed E-state index contributed by atoms with van der Waals surface area (Å²) in [5, 5.41) is 0. The van der Waals surface area contributed by atoms with Crippen LogP contribution >= 0.6 is 7.82 Å². The van der Waals surface area contributed by atoms with E-state index in [1.165, 1.54) is 64.3 Å². The molecule has 0 aromatic rings. The van der Waals surface area contributed by atoms with Gasteiger partial charge in [0.25, 0.3) is 0 Å². The summed E-state index contributed by atoms with van der Waals surface area (Å²) in [6, 6.07) is 0. The van der Waals surface area contributed by atoms with Crippen LogP contribution in [-0.2, 0) is 9.09 Å². The minimum Gasteiger partial charge on any atom is -0.331 e. The van der Waals surface area contributed by atoms with E-state index in [9.17, 15) is 4.57 Å². The number of hydrogen-bond acceptors (Lipinski definition) is 2. The molecule has 0 spiro atoms. The molecule has 0 aliphatic heterocycles. The molecule has 0 saturated carbocycles. The SMILES string of the molecule is CCCCCCCCOP(=O)(O)O.CCCCCCCC[N+](C)(C)C. The van der Waals surface area contributed by atoms with E-state index < -0.39 is 7.82 Å². The molecular formula is C19H45NO4P+. The first-order valence-electron chi connectivity index (χ1n) is 10.1. The van der Waals surface area contributed by atoms with Crippen molar-refractivity contribution in [1.29, 1.82) is 0 Å². The quantitative estimate of drug-likeness (QED) is 0.223. The molecule has 25 heavy (non-hydrogen) atoms. The number of unbranched alkanes of at least 4 members (excludes halogenated alkanes) is 10. The maximum atomic E-state index is 10.2. The molecule has 6 heteroatoms. The van der Waals surface area contributed by atoms with Crippen LogP contribution in [0.25, 0.3) is 0 Å². The van der Waals surface area contributed by atoms with Gasteiger partial charge in [-0.1, -0.05) is 71.6 Å². The van der Waals surface area contributed by atoms with Crippen LogP contribution in [0.4, 0.5) is 0 Å². The van der Waals surface area contributed by atoms with Crippen LogP contribution in [0.15, 0.2) is 0 Å². The molecule has 0 atom stereocenters. The summed E-state index contributed by atoms with van der Waals surface area (Å²) in [7, 11) is 2.58. The Hall–Kier alpha value is 0.0700. The lowest BCUT2D eigenvalue weighted by Crippen LogP contribution is -2.35. The van der Waals surface area contributed by atoms with E-state index in [1.807, 2.05) is 0 Å². The number of quaternary nitrogens is 1. The zero-order valence-electron chi connectivity index (χ0n) is 17.5. The fraction of sp³-hybridized carbons (Fsp3) is 1.00. The molecule has 0 rings (SSSR count). The third-order valence-corrected chi connectivity index (χ3v) is 4.46. The summed E-state index contributed by atoms with van der Waals surface area (Å²) < 4.78 is 15.7. The molecule has 0 aliphatic carbocycles. The van der Waals surface area contributed by atoms with E-state index >= 15 is 0 Å². The van der Waals surface area contributed by atoms with Crippen LogP contribution in [0, 0.1) is 0 Å². The summed E-state index contributed by atoms with van der Waals surface area (Å²) in [5.74, 6) is 0. The van der Waals surface area contributed by atoms with Gasteiger partial charge in [0, 0.05) is 0 Å². The van der Waals surface area contributed by atoms with Crippen molar-refractivity contribution in [2.24, 2.45) is 0 Å². The molecule has 0 amide bonds. The highest BCUT2D eigenvalue weighted by Crippen LogP contribution is 2.35. The van der Waals surface area contributed by atoms with Gasteiger partial charge in [-0.2, -0.15) is 0 Å². The van der Waals surface area contributed by atoms with Crippen LogP contribution in [0.2, 0.25) is 0 Å². The minimum absolute atomic E-state index is 0.163. The minimum atomic E-state index is -4.23. The Labute approximate surface area is 157 Å². The highest BCUT2D eigenvalue weighted by Gasteiger charge is 2.12. The lowest BCUT2D eigenvalue weighted by atomic mass is 10.1. The van der Waals surface area contributed by atoms with Crippen LogP contribution in [0.3, 0.4) is 0 Å². The van der Waals surface area contributed by atoms with E-state index in [0.717, 1.165) is 23.7 Å². The first-order valence-corrected chi connectivity index (χ1v) is 11.7. The van der Waals surface area contributed by atoms with Crippen molar-refractivity contribution in [2.45, 2.75) is 90.9 Å². The molecule has 0 fully saturated rings. The maximum Gasteiger partial charge on any atom is 0.469 e. The van der Waals surface area contributed by atoms with E-state index in [2.05, 4.69) is 39.5 Å². The highest BCUT2D eigenvalue weighted by molar-refractivity contribution is 7.46.